The molecule has 0 saturated heterocycles. The van der Waals surface area contributed by atoms with Gasteiger partial charge in [0.1, 0.15) is 0 Å². The van der Waals surface area contributed by atoms with E-state index in [1.54, 1.807) is 24.7 Å². The number of rotatable bonds is 8. The molecule has 2 aromatic rings. The number of nitrogens with zero attached hydrogens (tertiary/aromatic N) is 1. The predicted molar refractivity (Wildman–Crippen MR) is 92.5 cm³/mol. The van der Waals surface area contributed by atoms with E-state index in [1.807, 2.05) is 42.6 Å². The van der Waals surface area contributed by atoms with E-state index in [0.29, 0.717) is 24.5 Å². The van der Waals surface area contributed by atoms with Gasteiger partial charge in [-0.3, -0.25) is 4.79 Å². The summed E-state index contributed by atoms with van der Waals surface area (Å²) in [7, 11) is 1.60. The quantitative estimate of drug-likeness (QED) is 0.596. The van der Waals surface area contributed by atoms with E-state index in [1.165, 1.54) is 0 Å². The van der Waals surface area contributed by atoms with Crippen LogP contribution in [0.5, 0.6) is 11.5 Å². The highest BCUT2D eigenvalue weighted by Crippen LogP contribution is 2.27. The third kappa shape index (κ3) is 5.41. The first-order valence-corrected chi connectivity index (χ1v) is 8.26. The molecule has 0 aliphatic heterocycles. The number of carbonyl (C=O) groups excluding carboxylic acids is 1. The van der Waals surface area contributed by atoms with Crippen molar-refractivity contribution < 1.29 is 14.3 Å². The fraction of sp³-hybridized carbons (Fsp3) is 0.294. The monoisotopic (exact) mass is 332 g/mol. The Hall–Kier alpha value is -2.34. The Bertz CT molecular complexity index is 654. The first-order valence-electron chi connectivity index (χ1n) is 7.38. The van der Waals surface area contributed by atoms with Crippen molar-refractivity contribution in [3.8, 4) is 11.5 Å². The Morgan fingerprint density at radius 2 is 2.22 bits per heavy atom. The Balaban J connectivity index is 1.92. The number of amides is 1. The molecule has 5 nitrogen and oxygen atoms in total. The highest BCUT2D eigenvalue weighted by atomic mass is 32.1. The van der Waals surface area contributed by atoms with Gasteiger partial charge in [-0.2, -0.15) is 5.10 Å². The number of benzene rings is 1. The van der Waals surface area contributed by atoms with Crippen LogP contribution in [0.3, 0.4) is 0 Å². The zero-order valence-electron chi connectivity index (χ0n) is 13.2. The number of hydrazone groups is 1. The Labute approximate surface area is 139 Å². The first kappa shape index (κ1) is 17.0. The van der Waals surface area contributed by atoms with Crippen molar-refractivity contribution in [3.05, 3.63) is 46.2 Å². The molecule has 0 bridgehead atoms. The van der Waals surface area contributed by atoms with E-state index in [-0.39, 0.29) is 5.91 Å². The SMILES string of the molecule is CCCOc1ccc(/C=N/NC(=O)Cc2cccs2)cc1OC. The molecule has 0 atom stereocenters. The molecule has 0 unspecified atom stereocenters. The Morgan fingerprint density at radius 3 is 2.91 bits per heavy atom. The van der Waals surface area contributed by atoms with Crippen molar-refractivity contribution in [1.29, 1.82) is 0 Å². The number of ether oxygens (including phenoxy) is 2. The largest absolute Gasteiger partial charge is 0.493 e. The van der Waals surface area contributed by atoms with Crippen LogP contribution in [-0.4, -0.2) is 25.8 Å². The number of hydrogen-bond donors (Lipinski definition) is 1. The molecular formula is C17H20N2O3S. The molecule has 1 aromatic carbocycles. The van der Waals surface area contributed by atoms with Crippen molar-refractivity contribution in [2.24, 2.45) is 5.10 Å². The van der Waals surface area contributed by atoms with Gasteiger partial charge in [-0.25, -0.2) is 5.43 Å². The molecule has 0 saturated carbocycles. The minimum Gasteiger partial charge on any atom is -0.493 e. The van der Waals surface area contributed by atoms with Crippen LogP contribution in [-0.2, 0) is 11.2 Å². The van der Waals surface area contributed by atoms with Crippen molar-refractivity contribution in [1.82, 2.24) is 5.43 Å². The molecule has 1 aromatic heterocycles. The summed E-state index contributed by atoms with van der Waals surface area (Å²) in [6.07, 6.45) is 2.85. The van der Waals surface area contributed by atoms with Crippen molar-refractivity contribution in [3.63, 3.8) is 0 Å². The summed E-state index contributed by atoms with van der Waals surface area (Å²) in [5, 5.41) is 5.92. The summed E-state index contributed by atoms with van der Waals surface area (Å²) in [4.78, 5) is 12.7. The van der Waals surface area contributed by atoms with E-state index in [0.717, 1.165) is 16.9 Å². The molecule has 2 rings (SSSR count). The maximum absolute atomic E-state index is 11.7. The van der Waals surface area contributed by atoms with Gasteiger partial charge in [-0.05, 0) is 41.6 Å². The lowest BCUT2D eigenvalue weighted by Gasteiger charge is -2.10. The van der Waals surface area contributed by atoms with Crippen LogP contribution in [0, 0.1) is 0 Å². The van der Waals surface area contributed by atoms with E-state index < -0.39 is 0 Å². The van der Waals surface area contributed by atoms with Gasteiger partial charge < -0.3 is 9.47 Å². The normalized spacial score (nSPS) is 10.7. The lowest BCUT2D eigenvalue weighted by Crippen LogP contribution is -2.19. The molecule has 122 valence electrons. The van der Waals surface area contributed by atoms with Crippen LogP contribution in [0.15, 0.2) is 40.8 Å². The van der Waals surface area contributed by atoms with Gasteiger partial charge in [-0.1, -0.05) is 13.0 Å². The van der Waals surface area contributed by atoms with Crippen molar-refractivity contribution >= 4 is 23.5 Å². The summed E-state index contributed by atoms with van der Waals surface area (Å²) in [5.74, 6) is 1.21. The molecule has 1 heterocycles. The van der Waals surface area contributed by atoms with E-state index in [2.05, 4.69) is 10.5 Å². The number of nitrogens with one attached hydrogen (secondary N) is 1. The van der Waals surface area contributed by atoms with Gasteiger partial charge in [0.25, 0.3) is 0 Å². The Kier molecular flexibility index (Phi) is 6.62. The van der Waals surface area contributed by atoms with E-state index >= 15 is 0 Å². The lowest BCUT2D eigenvalue weighted by atomic mass is 10.2. The number of thiophene rings is 1. The third-order valence-corrected chi connectivity index (χ3v) is 3.84. The van der Waals surface area contributed by atoms with Crippen LogP contribution in [0.2, 0.25) is 0 Å². The van der Waals surface area contributed by atoms with Crippen LogP contribution in [0.4, 0.5) is 0 Å². The average Bonchev–Trinajstić information content (AvgIpc) is 3.06. The topological polar surface area (TPSA) is 59.9 Å². The molecule has 0 aliphatic carbocycles. The number of methoxy groups -OCH3 is 1. The average molecular weight is 332 g/mol. The van der Waals surface area contributed by atoms with E-state index in [4.69, 9.17) is 9.47 Å². The zero-order chi connectivity index (χ0) is 16.5. The molecule has 0 aliphatic rings. The maximum atomic E-state index is 11.7. The minimum absolute atomic E-state index is 0.140. The molecule has 0 radical (unpaired) electrons. The summed E-state index contributed by atoms with van der Waals surface area (Å²) in [6.45, 7) is 2.69. The van der Waals surface area contributed by atoms with Crippen molar-refractivity contribution in [2.45, 2.75) is 19.8 Å². The second-order valence-electron chi connectivity index (χ2n) is 4.81. The van der Waals surface area contributed by atoms with Crippen molar-refractivity contribution in [2.75, 3.05) is 13.7 Å². The summed E-state index contributed by atoms with van der Waals surface area (Å²) in [5.41, 5.74) is 3.34. The lowest BCUT2D eigenvalue weighted by molar-refractivity contribution is -0.120. The van der Waals surface area contributed by atoms with Crippen LogP contribution >= 0.6 is 11.3 Å². The standard InChI is InChI=1S/C17H20N2O3S/c1-3-8-22-15-7-6-13(10-16(15)21-2)12-18-19-17(20)11-14-5-4-9-23-14/h4-7,9-10,12H,3,8,11H2,1-2H3,(H,19,20)/b18-12+. The van der Waals surface area contributed by atoms with E-state index in [9.17, 15) is 4.79 Å². The molecule has 0 spiro atoms. The predicted octanol–water partition coefficient (Wildman–Crippen LogP) is 3.24. The highest BCUT2D eigenvalue weighted by molar-refractivity contribution is 7.10. The second kappa shape index (κ2) is 8.95. The summed E-state index contributed by atoms with van der Waals surface area (Å²) >= 11 is 1.55. The van der Waals surface area contributed by atoms with Gasteiger partial charge in [0.2, 0.25) is 5.91 Å². The number of carbonyl (C=O) groups is 1. The fourth-order valence-corrected chi connectivity index (χ4v) is 2.59. The van der Waals surface area contributed by atoms with Gasteiger partial charge in [-0.15, -0.1) is 11.3 Å². The molecule has 1 N–H and O–H groups in total. The highest BCUT2D eigenvalue weighted by Gasteiger charge is 2.05. The molecule has 6 heteroatoms. The number of hydrogen-bond acceptors (Lipinski definition) is 5. The van der Waals surface area contributed by atoms with Gasteiger partial charge in [0, 0.05) is 4.88 Å². The fourth-order valence-electron chi connectivity index (χ4n) is 1.89. The summed E-state index contributed by atoms with van der Waals surface area (Å²) in [6, 6.07) is 9.37. The summed E-state index contributed by atoms with van der Waals surface area (Å²) < 4.78 is 10.9. The zero-order valence-corrected chi connectivity index (χ0v) is 14.1. The second-order valence-corrected chi connectivity index (χ2v) is 5.84. The third-order valence-electron chi connectivity index (χ3n) is 2.97. The molecular weight excluding hydrogens is 312 g/mol. The minimum atomic E-state index is -0.140. The maximum Gasteiger partial charge on any atom is 0.245 e. The molecule has 23 heavy (non-hydrogen) atoms. The smallest absolute Gasteiger partial charge is 0.245 e. The molecule has 0 fully saturated rings. The van der Waals surface area contributed by atoms with Crippen LogP contribution in [0.25, 0.3) is 0 Å². The van der Waals surface area contributed by atoms with Gasteiger partial charge >= 0.3 is 0 Å². The first-order chi connectivity index (χ1) is 11.2. The van der Waals surface area contributed by atoms with Crippen LogP contribution in [0.1, 0.15) is 23.8 Å². The molecule has 1 amide bonds. The Morgan fingerprint density at radius 1 is 1.35 bits per heavy atom. The van der Waals surface area contributed by atoms with Crippen LogP contribution < -0.4 is 14.9 Å². The van der Waals surface area contributed by atoms with Gasteiger partial charge in [0.05, 0.1) is 26.4 Å². The van der Waals surface area contributed by atoms with Gasteiger partial charge in [0.15, 0.2) is 11.5 Å².